The number of carbonyl (C=O) groups is 2. The van der Waals surface area contributed by atoms with Crippen LogP contribution in [0.3, 0.4) is 0 Å². The predicted molar refractivity (Wildman–Crippen MR) is 86.1 cm³/mol. The molecule has 0 aromatic carbocycles. The number of likely N-dealkylation sites (tertiary alicyclic amines) is 1. The third-order valence-electron chi connectivity index (χ3n) is 3.82. The molecule has 126 valence electrons. The number of nitrogens with one attached hydrogen (secondary N) is 1. The summed E-state index contributed by atoms with van der Waals surface area (Å²) in [4.78, 5) is 37.7. The Morgan fingerprint density at radius 1 is 1.26 bits per heavy atom. The van der Waals surface area contributed by atoms with Gasteiger partial charge in [-0.1, -0.05) is 13.8 Å². The van der Waals surface area contributed by atoms with Crippen molar-refractivity contribution in [3.05, 3.63) is 28.2 Å². The molecule has 0 saturated carbocycles. The lowest BCUT2D eigenvalue weighted by atomic mass is 10.1. The molecule has 7 heteroatoms. The molecule has 7 nitrogen and oxygen atoms in total. The number of nitrogens with zero attached hydrogens (tertiary/aromatic N) is 3. The fraction of sp³-hybridized carbons (Fsp3) is 0.625. The second kappa shape index (κ2) is 7.89. The monoisotopic (exact) mass is 320 g/mol. The van der Waals surface area contributed by atoms with Crippen LogP contribution in [0.1, 0.15) is 43.6 Å². The van der Waals surface area contributed by atoms with Crippen molar-refractivity contribution in [1.82, 2.24) is 20.0 Å². The van der Waals surface area contributed by atoms with Gasteiger partial charge in [0.2, 0.25) is 5.91 Å². The second-order valence-electron chi connectivity index (χ2n) is 6.25. The SMILES string of the molecule is CC(C)CCNC(=O)Cn1nc(C(=O)N2CCCC2)ccc1=O. The second-order valence-corrected chi connectivity index (χ2v) is 6.25. The number of rotatable bonds is 6. The van der Waals surface area contributed by atoms with Crippen LogP contribution in [0, 0.1) is 5.92 Å². The zero-order chi connectivity index (χ0) is 16.8. The summed E-state index contributed by atoms with van der Waals surface area (Å²) in [5.74, 6) is 0.0417. The molecule has 0 unspecified atom stereocenters. The van der Waals surface area contributed by atoms with Gasteiger partial charge in [-0.05, 0) is 31.2 Å². The van der Waals surface area contributed by atoms with Gasteiger partial charge in [0.15, 0.2) is 0 Å². The maximum Gasteiger partial charge on any atom is 0.274 e. The molecular formula is C16H24N4O3. The van der Waals surface area contributed by atoms with E-state index in [4.69, 9.17) is 0 Å². The van der Waals surface area contributed by atoms with E-state index < -0.39 is 0 Å². The topological polar surface area (TPSA) is 84.3 Å². The molecule has 0 bridgehead atoms. The number of aromatic nitrogens is 2. The number of amides is 2. The molecule has 1 aromatic heterocycles. The number of hydrogen-bond acceptors (Lipinski definition) is 4. The lowest BCUT2D eigenvalue weighted by molar-refractivity contribution is -0.121. The Bertz CT molecular complexity index is 618. The van der Waals surface area contributed by atoms with Crippen LogP contribution in [0.25, 0.3) is 0 Å². The lowest BCUT2D eigenvalue weighted by Gasteiger charge is -2.15. The van der Waals surface area contributed by atoms with Gasteiger partial charge < -0.3 is 10.2 Å². The van der Waals surface area contributed by atoms with E-state index in [9.17, 15) is 14.4 Å². The summed E-state index contributed by atoms with van der Waals surface area (Å²) in [6, 6.07) is 2.72. The first kappa shape index (κ1) is 17.2. The quantitative estimate of drug-likeness (QED) is 0.834. The van der Waals surface area contributed by atoms with Gasteiger partial charge in [-0.2, -0.15) is 5.10 Å². The Balaban J connectivity index is 2.01. The highest BCUT2D eigenvalue weighted by Crippen LogP contribution is 2.10. The smallest absolute Gasteiger partial charge is 0.274 e. The third-order valence-corrected chi connectivity index (χ3v) is 3.82. The molecule has 1 N–H and O–H groups in total. The van der Waals surface area contributed by atoms with Crippen LogP contribution in [-0.4, -0.2) is 46.1 Å². The Hall–Kier alpha value is -2.18. The summed E-state index contributed by atoms with van der Waals surface area (Å²) >= 11 is 0. The van der Waals surface area contributed by atoms with Crippen molar-refractivity contribution in [3.63, 3.8) is 0 Å². The highest BCUT2D eigenvalue weighted by molar-refractivity contribution is 5.92. The Labute approximate surface area is 135 Å². The van der Waals surface area contributed by atoms with E-state index in [0.717, 1.165) is 37.0 Å². The summed E-state index contributed by atoms with van der Waals surface area (Å²) in [7, 11) is 0. The zero-order valence-corrected chi connectivity index (χ0v) is 13.7. The van der Waals surface area contributed by atoms with E-state index in [2.05, 4.69) is 24.3 Å². The van der Waals surface area contributed by atoms with Crippen molar-refractivity contribution in [2.24, 2.45) is 5.92 Å². The molecule has 1 fully saturated rings. The van der Waals surface area contributed by atoms with Crippen molar-refractivity contribution in [2.75, 3.05) is 19.6 Å². The lowest BCUT2D eigenvalue weighted by Crippen LogP contribution is -2.36. The van der Waals surface area contributed by atoms with Gasteiger partial charge in [-0.15, -0.1) is 0 Å². The fourth-order valence-electron chi connectivity index (χ4n) is 2.45. The molecule has 23 heavy (non-hydrogen) atoms. The summed E-state index contributed by atoms with van der Waals surface area (Å²) in [6.07, 6.45) is 2.86. The number of carbonyl (C=O) groups excluding carboxylic acids is 2. The van der Waals surface area contributed by atoms with E-state index in [0.29, 0.717) is 12.5 Å². The van der Waals surface area contributed by atoms with Crippen molar-refractivity contribution in [1.29, 1.82) is 0 Å². The van der Waals surface area contributed by atoms with Gasteiger partial charge >= 0.3 is 0 Å². The van der Waals surface area contributed by atoms with Gasteiger partial charge in [0.05, 0.1) is 0 Å². The predicted octanol–water partition coefficient (Wildman–Crippen LogP) is 0.642. The van der Waals surface area contributed by atoms with Gasteiger partial charge in [0.1, 0.15) is 12.2 Å². The van der Waals surface area contributed by atoms with Gasteiger partial charge in [-0.25, -0.2) is 4.68 Å². The van der Waals surface area contributed by atoms with E-state index in [1.807, 2.05) is 0 Å². The molecule has 0 spiro atoms. The minimum absolute atomic E-state index is 0.169. The minimum atomic E-state index is -0.387. The van der Waals surface area contributed by atoms with Crippen molar-refractivity contribution in [3.8, 4) is 0 Å². The molecule has 2 heterocycles. The van der Waals surface area contributed by atoms with Gasteiger partial charge in [0, 0.05) is 25.7 Å². The van der Waals surface area contributed by atoms with Crippen LogP contribution < -0.4 is 10.9 Å². The molecule has 2 amide bonds. The van der Waals surface area contributed by atoms with Crippen molar-refractivity contribution < 1.29 is 9.59 Å². The van der Waals surface area contributed by atoms with Crippen LogP contribution in [0.2, 0.25) is 0 Å². The average molecular weight is 320 g/mol. The fourth-order valence-corrected chi connectivity index (χ4v) is 2.45. The molecule has 0 aliphatic carbocycles. The van der Waals surface area contributed by atoms with E-state index in [1.54, 1.807) is 4.90 Å². The molecule has 2 rings (SSSR count). The summed E-state index contributed by atoms with van der Waals surface area (Å²) in [6.45, 7) is 5.98. The molecule has 1 aliphatic heterocycles. The number of hydrogen-bond donors (Lipinski definition) is 1. The summed E-state index contributed by atoms with van der Waals surface area (Å²) in [5.41, 5.74) is -0.177. The normalized spacial score (nSPS) is 14.3. The molecule has 1 saturated heterocycles. The van der Waals surface area contributed by atoms with E-state index >= 15 is 0 Å². The first-order valence-corrected chi connectivity index (χ1v) is 8.11. The van der Waals surface area contributed by atoms with Crippen LogP contribution in [0.5, 0.6) is 0 Å². The van der Waals surface area contributed by atoms with Gasteiger partial charge in [0.25, 0.3) is 11.5 Å². The Morgan fingerprint density at radius 3 is 2.61 bits per heavy atom. The standard InChI is InChI=1S/C16H24N4O3/c1-12(2)7-8-17-14(21)11-20-15(22)6-5-13(18-20)16(23)19-9-3-4-10-19/h5-6,12H,3-4,7-11H2,1-2H3,(H,17,21). The largest absolute Gasteiger partial charge is 0.354 e. The highest BCUT2D eigenvalue weighted by Gasteiger charge is 2.21. The molecule has 0 radical (unpaired) electrons. The first-order chi connectivity index (χ1) is 11.0. The maximum atomic E-state index is 12.3. The average Bonchev–Trinajstić information content (AvgIpc) is 3.02. The summed E-state index contributed by atoms with van der Waals surface area (Å²) in [5, 5.41) is 6.81. The Kier molecular flexibility index (Phi) is 5.90. The van der Waals surface area contributed by atoms with E-state index in [1.165, 1.54) is 12.1 Å². The molecule has 1 aromatic rings. The van der Waals surface area contributed by atoms with Crippen LogP contribution in [0.15, 0.2) is 16.9 Å². The Morgan fingerprint density at radius 2 is 1.96 bits per heavy atom. The van der Waals surface area contributed by atoms with Gasteiger partial charge in [-0.3, -0.25) is 14.4 Å². The molecule has 1 aliphatic rings. The zero-order valence-electron chi connectivity index (χ0n) is 13.7. The van der Waals surface area contributed by atoms with E-state index in [-0.39, 0.29) is 29.6 Å². The van der Waals surface area contributed by atoms with Crippen molar-refractivity contribution in [2.45, 2.75) is 39.7 Å². The van der Waals surface area contributed by atoms with Crippen LogP contribution >= 0.6 is 0 Å². The summed E-state index contributed by atoms with van der Waals surface area (Å²) < 4.78 is 1.05. The van der Waals surface area contributed by atoms with Crippen molar-refractivity contribution >= 4 is 11.8 Å². The third kappa shape index (κ3) is 4.91. The van der Waals surface area contributed by atoms with Crippen LogP contribution in [-0.2, 0) is 11.3 Å². The molecule has 0 atom stereocenters. The molecular weight excluding hydrogens is 296 g/mol. The highest BCUT2D eigenvalue weighted by atomic mass is 16.2. The van der Waals surface area contributed by atoms with Crippen LogP contribution in [0.4, 0.5) is 0 Å². The maximum absolute atomic E-state index is 12.3. The minimum Gasteiger partial charge on any atom is -0.354 e. The first-order valence-electron chi connectivity index (χ1n) is 8.11.